The zero-order chi connectivity index (χ0) is 16.3. The van der Waals surface area contributed by atoms with Gasteiger partial charge in [-0.15, -0.1) is 0 Å². The van der Waals surface area contributed by atoms with Crippen molar-refractivity contribution in [3.63, 3.8) is 0 Å². The molecule has 2 heterocycles. The van der Waals surface area contributed by atoms with Crippen LogP contribution in [0, 0.1) is 19.8 Å². The first-order valence-corrected chi connectivity index (χ1v) is 8.08. The van der Waals surface area contributed by atoms with E-state index in [2.05, 4.69) is 16.9 Å². The maximum Gasteiger partial charge on any atom is 0.327 e. The van der Waals surface area contributed by atoms with E-state index in [4.69, 9.17) is 10.5 Å². The molecule has 0 aromatic carbocycles. The third-order valence-electron chi connectivity index (χ3n) is 4.55. The van der Waals surface area contributed by atoms with Crippen LogP contribution in [0.25, 0.3) is 0 Å². The largest absolute Gasteiger partial charge is 0.465 e. The van der Waals surface area contributed by atoms with Crippen LogP contribution in [0.5, 0.6) is 0 Å². The molecular weight excluding hydrogens is 280 g/mol. The Hall–Kier alpha value is -1.40. The fourth-order valence-electron chi connectivity index (χ4n) is 3.06. The first-order valence-electron chi connectivity index (χ1n) is 8.08. The van der Waals surface area contributed by atoms with Crippen LogP contribution in [0.3, 0.4) is 0 Å². The van der Waals surface area contributed by atoms with Crippen molar-refractivity contribution in [1.82, 2.24) is 14.7 Å². The van der Waals surface area contributed by atoms with E-state index in [1.807, 2.05) is 20.8 Å². The predicted molar refractivity (Wildman–Crippen MR) is 85.4 cm³/mol. The summed E-state index contributed by atoms with van der Waals surface area (Å²) in [5.41, 5.74) is 9.34. The maximum atomic E-state index is 11.6. The summed E-state index contributed by atoms with van der Waals surface area (Å²) >= 11 is 0. The number of aryl methyl sites for hydroxylation is 1. The lowest BCUT2D eigenvalue weighted by Gasteiger charge is -2.35. The highest BCUT2D eigenvalue weighted by Gasteiger charge is 2.25. The molecule has 1 fully saturated rings. The Kier molecular flexibility index (Phi) is 5.58. The monoisotopic (exact) mass is 308 g/mol. The van der Waals surface area contributed by atoms with Gasteiger partial charge >= 0.3 is 5.97 Å². The van der Waals surface area contributed by atoms with E-state index >= 15 is 0 Å². The third kappa shape index (κ3) is 3.87. The average Bonchev–Trinajstić information content (AvgIpc) is 2.71. The normalized spacial score (nSPS) is 22.8. The van der Waals surface area contributed by atoms with E-state index in [1.54, 1.807) is 4.68 Å². The van der Waals surface area contributed by atoms with Gasteiger partial charge in [0.1, 0.15) is 6.54 Å². The molecular formula is C16H28N4O2. The number of aromatic nitrogens is 2. The van der Waals surface area contributed by atoms with Crippen LogP contribution in [0.1, 0.15) is 37.2 Å². The summed E-state index contributed by atoms with van der Waals surface area (Å²) in [4.78, 5) is 14.1. The molecule has 2 rings (SSSR count). The van der Waals surface area contributed by atoms with Gasteiger partial charge in [-0.3, -0.25) is 14.4 Å². The number of piperidine rings is 1. The molecule has 0 saturated carbocycles. The number of nitrogens with two attached hydrogens (primary N) is 1. The lowest BCUT2D eigenvalue weighted by atomic mass is 9.94. The van der Waals surface area contributed by atoms with Crippen molar-refractivity contribution >= 4 is 5.97 Å². The first kappa shape index (κ1) is 17.0. The molecule has 2 unspecified atom stereocenters. The van der Waals surface area contributed by atoms with Crippen LogP contribution < -0.4 is 5.73 Å². The standard InChI is InChI=1S/C16H28N4O2/c1-5-22-16(21)10-20-13(4)14(12(3)18-20)9-19-7-6-15(17)11(2)8-19/h11,15H,5-10,17H2,1-4H3. The SMILES string of the molecule is CCOC(=O)Cn1nc(C)c(CN2CCC(N)C(C)C2)c1C. The molecule has 6 nitrogen and oxygen atoms in total. The number of nitrogens with zero attached hydrogens (tertiary/aromatic N) is 3. The molecule has 0 aliphatic carbocycles. The second-order valence-electron chi connectivity index (χ2n) is 6.28. The van der Waals surface area contributed by atoms with Gasteiger partial charge < -0.3 is 10.5 Å². The number of hydrogen-bond acceptors (Lipinski definition) is 5. The minimum Gasteiger partial charge on any atom is -0.465 e. The molecule has 0 bridgehead atoms. The lowest BCUT2D eigenvalue weighted by Crippen LogP contribution is -2.45. The summed E-state index contributed by atoms with van der Waals surface area (Å²) in [6, 6.07) is 0.310. The molecule has 6 heteroatoms. The van der Waals surface area contributed by atoms with Crippen molar-refractivity contribution in [1.29, 1.82) is 0 Å². The van der Waals surface area contributed by atoms with Gasteiger partial charge in [0.05, 0.1) is 12.3 Å². The minimum absolute atomic E-state index is 0.182. The van der Waals surface area contributed by atoms with Gasteiger partial charge in [-0.25, -0.2) is 0 Å². The van der Waals surface area contributed by atoms with Crippen molar-refractivity contribution in [3.05, 3.63) is 17.0 Å². The maximum absolute atomic E-state index is 11.6. The summed E-state index contributed by atoms with van der Waals surface area (Å²) in [6.45, 7) is 11.5. The topological polar surface area (TPSA) is 73.4 Å². The summed E-state index contributed by atoms with van der Waals surface area (Å²) in [7, 11) is 0. The van der Waals surface area contributed by atoms with Gasteiger partial charge in [0.25, 0.3) is 0 Å². The smallest absolute Gasteiger partial charge is 0.327 e. The van der Waals surface area contributed by atoms with Gasteiger partial charge in [-0.05, 0) is 39.7 Å². The molecule has 1 aliphatic heterocycles. The van der Waals surface area contributed by atoms with Crippen LogP contribution in [-0.4, -0.2) is 46.4 Å². The Morgan fingerprint density at radius 2 is 2.18 bits per heavy atom. The Balaban J connectivity index is 2.05. The van der Waals surface area contributed by atoms with E-state index in [1.165, 1.54) is 5.56 Å². The second kappa shape index (κ2) is 7.24. The molecule has 2 atom stereocenters. The number of esters is 1. The van der Waals surface area contributed by atoms with Gasteiger partial charge in [0.15, 0.2) is 0 Å². The molecule has 1 saturated heterocycles. The summed E-state index contributed by atoms with van der Waals surface area (Å²) < 4.78 is 6.75. The quantitative estimate of drug-likeness (QED) is 0.828. The molecule has 0 amide bonds. The van der Waals surface area contributed by atoms with Crippen molar-refractivity contribution in [2.75, 3.05) is 19.7 Å². The average molecular weight is 308 g/mol. The first-order chi connectivity index (χ1) is 10.4. The van der Waals surface area contributed by atoms with Gasteiger partial charge in [-0.2, -0.15) is 5.10 Å². The molecule has 0 spiro atoms. The molecule has 2 N–H and O–H groups in total. The number of rotatable bonds is 5. The predicted octanol–water partition coefficient (Wildman–Crippen LogP) is 1.23. The van der Waals surface area contributed by atoms with E-state index in [9.17, 15) is 4.79 Å². The Labute approximate surface area is 132 Å². The summed E-state index contributed by atoms with van der Waals surface area (Å²) in [5, 5.41) is 4.50. The molecule has 1 aromatic heterocycles. The van der Waals surface area contributed by atoms with Crippen LogP contribution in [0.15, 0.2) is 0 Å². The number of hydrogen-bond donors (Lipinski definition) is 1. The molecule has 1 aromatic rings. The lowest BCUT2D eigenvalue weighted by molar-refractivity contribution is -0.144. The highest BCUT2D eigenvalue weighted by atomic mass is 16.5. The highest BCUT2D eigenvalue weighted by molar-refractivity contribution is 5.69. The molecule has 1 aliphatic rings. The zero-order valence-electron chi connectivity index (χ0n) is 14.1. The zero-order valence-corrected chi connectivity index (χ0v) is 14.1. The van der Waals surface area contributed by atoms with Crippen molar-refractivity contribution < 1.29 is 9.53 Å². The van der Waals surface area contributed by atoms with E-state index < -0.39 is 0 Å². The Bertz CT molecular complexity index is 526. The fraction of sp³-hybridized carbons (Fsp3) is 0.750. The van der Waals surface area contributed by atoms with Crippen LogP contribution in [0.2, 0.25) is 0 Å². The van der Waals surface area contributed by atoms with E-state index in [0.717, 1.165) is 37.4 Å². The van der Waals surface area contributed by atoms with E-state index in [0.29, 0.717) is 18.6 Å². The molecule has 22 heavy (non-hydrogen) atoms. The van der Waals surface area contributed by atoms with Crippen LogP contribution >= 0.6 is 0 Å². The highest BCUT2D eigenvalue weighted by Crippen LogP contribution is 2.21. The van der Waals surface area contributed by atoms with Gasteiger partial charge in [-0.1, -0.05) is 6.92 Å². The van der Waals surface area contributed by atoms with Gasteiger partial charge in [0.2, 0.25) is 0 Å². The Morgan fingerprint density at radius 3 is 2.82 bits per heavy atom. The van der Waals surface area contributed by atoms with Crippen LogP contribution in [-0.2, 0) is 22.6 Å². The second-order valence-corrected chi connectivity index (χ2v) is 6.28. The number of carbonyl (C=O) groups is 1. The molecule has 0 radical (unpaired) electrons. The molecule has 124 valence electrons. The number of ether oxygens (including phenoxy) is 1. The Morgan fingerprint density at radius 1 is 1.45 bits per heavy atom. The minimum atomic E-state index is -0.239. The van der Waals surface area contributed by atoms with Crippen molar-refractivity contribution in [3.8, 4) is 0 Å². The third-order valence-corrected chi connectivity index (χ3v) is 4.55. The fourth-order valence-corrected chi connectivity index (χ4v) is 3.06. The number of carbonyl (C=O) groups excluding carboxylic acids is 1. The van der Waals surface area contributed by atoms with Crippen molar-refractivity contribution in [2.45, 2.75) is 53.2 Å². The van der Waals surface area contributed by atoms with Gasteiger partial charge in [0, 0.05) is 30.4 Å². The number of likely N-dealkylation sites (tertiary alicyclic amines) is 1. The van der Waals surface area contributed by atoms with Crippen molar-refractivity contribution in [2.24, 2.45) is 11.7 Å². The summed E-state index contributed by atoms with van der Waals surface area (Å²) in [6.07, 6.45) is 1.04. The van der Waals surface area contributed by atoms with Crippen LogP contribution in [0.4, 0.5) is 0 Å². The summed E-state index contributed by atoms with van der Waals surface area (Å²) in [5.74, 6) is 0.279. The van der Waals surface area contributed by atoms with E-state index in [-0.39, 0.29) is 12.5 Å².